The van der Waals surface area contributed by atoms with Gasteiger partial charge in [0, 0.05) is 5.75 Å². The highest BCUT2D eigenvalue weighted by molar-refractivity contribution is 7.98. The number of halogens is 3. The number of nitrogens with zero attached hydrogens (tertiary/aromatic N) is 2. The van der Waals surface area contributed by atoms with E-state index in [2.05, 4.69) is 4.98 Å². The molecule has 7 heteroatoms. The first-order chi connectivity index (χ1) is 12.0. The van der Waals surface area contributed by atoms with Crippen LogP contribution in [-0.2, 0) is 11.9 Å². The third kappa shape index (κ3) is 4.03. The van der Waals surface area contributed by atoms with Gasteiger partial charge in [-0.2, -0.15) is 18.4 Å². The summed E-state index contributed by atoms with van der Waals surface area (Å²) in [6, 6.07) is 15.5. The van der Waals surface area contributed by atoms with E-state index in [0.717, 1.165) is 23.4 Å². The molecule has 2 nitrogen and oxygen atoms in total. The van der Waals surface area contributed by atoms with E-state index in [1.165, 1.54) is 11.3 Å². The Morgan fingerprint density at radius 3 is 2.48 bits per heavy atom. The van der Waals surface area contributed by atoms with Crippen molar-refractivity contribution in [2.45, 2.75) is 17.0 Å². The number of alkyl halides is 3. The minimum atomic E-state index is -4.61. The summed E-state index contributed by atoms with van der Waals surface area (Å²) in [7, 11) is 0. The smallest absolute Gasteiger partial charge is 0.239 e. The van der Waals surface area contributed by atoms with E-state index < -0.39 is 17.3 Å². The lowest BCUT2D eigenvalue weighted by atomic mass is 10.1. The van der Waals surface area contributed by atoms with Crippen LogP contribution in [0.3, 0.4) is 0 Å². The fourth-order valence-corrected chi connectivity index (χ4v) is 3.88. The van der Waals surface area contributed by atoms with Gasteiger partial charge >= 0.3 is 6.18 Å². The molecule has 0 saturated heterocycles. The summed E-state index contributed by atoms with van der Waals surface area (Å²) in [5.74, 6) is 0.438. The number of benzene rings is 1. The number of thioether (sulfide) groups is 1. The van der Waals surface area contributed by atoms with Crippen molar-refractivity contribution < 1.29 is 13.2 Å². The zero-order valence-corrected chi connectivity index (χ0v) is 14.4. The molecule has 126 valence electrons. The minimum absolute atomic E-state index is 0.101. The highest BCUT2D eigenvalue weighted by Gasteiger charge is 2.36. The number of rotatable bonds is 4. The fourth-order valence-electron chi connectivity index (χ4n) is 2.23. The first kappa shape index (κ1) is 17.5. The van der Waals surface area contributed by atoms with Crippen molar-refractivity contribution in [2.75, 3.05) is 0 Å². The van der Waals surface area contributed by atoms with E-state index in [4.69, 9.17) is 0 Å². The van der Waals surface area contributed by atoms with Gasteiger partial charge in [0.05, 0.1) is 21.7 Å². The molecule has 0 unspecified atom stereocenters. The minimum Gasteiger partial charge on any atom is -0.239 e. The average Bonchev–Trinajstić information content (AvgIpc) is 3.14. The Morgan fingerprint density at radius 2 is 1.88 bits per heavy atom. The lowest BCUT2D eigenvalue weighted by molar-refractivity contribution is -0.138. The van der Waals surface area contributed by atoms with E-state index in [1.807, 2.05) is 30.3 Å². The Morgan fingerprint density at radius 1 is 1.12 bits per heavy atom. The van der Waals surface area contributed by atoms with Gasteiger partial charge in [0.15, 0.2) is 0 Å². The van der Waals surface area contributed by atoms with Crippen molar-refractivity contribution in [1.29, 1.82) is 5.26 Å². The van der Waals surface area contributed by atoms with Crippen molar-refractivity contribution in [3.05, 3.63) is 70.6 Å². The molecule has 3 rings (SSSR count). The topological polar surface area (TPSA) is 36.7 Å². The molecule has 0 radical (unpaired) electrons. The zero-order valence-electron chi connectivity index (χ0n) is 12.7. The zero-order chi connectivity index (χ0) is 17.9. The summed E-state index contributed by atoms with van der Waals surface area (Å²) in [6.07, 6.45) is -4.61. The third-order valence-corrected chi connectivity index (χ3v) is 5.33. The molecule has 25 heavy (non-hydrogen) atoms. The average molecular weight is 376 g/mol. The van der Waals surface area contributed by atoms with Crippen LogP contribution in [0.2, 0.25) is 0 Å². The van der Waals surface area contributed by atoms with Crippen molar-refractivity contribution in [3.63, 3.8) is 0 Å². The molecule has 1 aromatic carbocycles. The second-order valence-corrected chi connectivity index (χ2v) is 7.01. The van der Waals surface area contributed by atoms with Crippen molar-refractivity contribution in [3.8, 4) is 16.6 Å². The van der Waals surface area contributed by atoms with Gasteiger partial charge in [-0.3, -0.25) is 0 Å². The Balaban J connectivity index is 2.05. The first-order valence-electron chi connectivity index (χ1n) is 7.22. The van der Waals surface area contributed by atoms with E-state index in [9.17, 15) is 18.4 Å². The molecule has 0 atom stereocenters. The number of pyridine rings is 1. The summed E-state index contributed by atoms with van der Waals surface area (Å²) < 4.78 is 40.2. The molecule has 0 saturated carbocycles. The van der Waals surface area contributed by atoms with Gasteiger partial charge < -0.3 is 0 Å². The van der Waals surface area contributed by atoms with Crippen molar-refractivity contribution >= 4 is 23.1 Å². The second kappa shape index (κ2) is 7.30. The van der Waals surface area contributed by atoms with Crippen LogP contribution in [0.25, 0.3) is 10.6 Å². The van der Waals surface area contributed by atoms with Crippen LogP contribution in [0.4, 0.5) is 13.2 Å². The van der Waals surface area contributed by atoms with Gasteiger partial charge in [0.25, 0.3) is 0 Å². The van der Waals surface area contributed by atoms with Crippen LogP contribution in [0.1, 0.15) is 16.7 Å². The fraction of sp³-hybridized carbons (Fsp3) is 0.111. The summed E-state index contributed by atoms with van der Waals surface area (Å²) in [5, 5.41) is 11.2. The molecule has 0 N–H and O–H groups in total. The summed E-state index contributed by atoms with van der Waals surface area (Å²) in [4.78, 5) is 4.96. The molecule has 0 fully saturated rings. The molecule has 0 aliphatic carbocycles. The van der Waals surface area contributed by atoms with Crippen LogP contribution in [-0.4, -0.2) is 4.98 Å². The van der Waals surface area contributed by atoms with Gasteiger partial charge in [-0.05, 0) is 23.1 Å². The largest absolute Gasteiger partial charge is 0.417 e. The van der Waals surface area contributed by atoms with Gasteiger partial charge in [0.2, 0.25) is 0 Å². The summed E-state index contributed by atoms with van der Waals surface area (Å²) in [5.41, 5.74) is -0.178. The van der Waals surface area contributed by atoms with Crippen LogP contribution < -0.4 is 0 Å². The molecule has 0 aliphatic heterocycles. The van der Waals surface area contributed by atoms with E-state index in [-0.39, 0.29) is 10.7 Å². The molecule has 0 bridgehead atoms. The van der Waals surface area contributed by atoms with Crippen LogP contribution in [0, 0.1) is 11.3 Å². The normalized spacial score (nSPS) is 11.3. The van der Waals surface area contributed by atoms with Crippen LogP contribution >= 0.6 is 23.1 Å². The molecule has 2 aromatic heterocycles. The lowest BCUT2D eigenvalue weighted by Gasteiger charge is -2.13. The maximum absolute atomic E-state index is 13.4. The summed E-state index contributed by atoms with van der Waals surface area (Å²) >= 11 is 2.45. The predicted octanol–water partition coefficient (Wildman–Crippen LogP) is 5.99. The van der Waals surface area contributed by atoms with E-state index in [0.29, 0.717) is 10.6 Å². The predicted molar refractivity (Wildman–Crippen MR) is 93.3 cm³/mol. The second-order valence-electron chi connectivity index (χ2n) is 5.10. The molecule has 2 heterocycles. The van der Waals surface area contributed by atoms with Gasteiger partial charge in [-0.25, -0.2) is 4.98 Å². The number of aromatic nitrogens is 1. The SMILES string of the molecule is N#Cc1c(C(F)(F)F)cc(-c2cccs2)nc1SCc1ccccc1. The molecule has 0 spiro atoms. The number of thiophene rings is 1. The van der Waals surface area contributed by atoms with Crippen LogP contribution in [0.5, 0.6) is 0 Å². The van der Waals surface area contributed by atoms with Crippen LogP contribution in [0.15, 0.2) is 58.9 Å². The Bertz CT molecular complexity index is 899. The summed E-state index contributed by atoms with van der Waals surface area (Å²) in [6.45, 7) is 0. The Labute approximate surface area is 151 Å². The Kier molecular flexibility index (Phi) is 5.11. The van der Waals surface area contributed by atoms with Gasteiger partial charge in [0.1, 0.15) is 11.1 Å². The number of hydrogen-bond donors (Lipinski definition) is 0. The van der Waals surface area contributed by atoms with Crippen molar-refractivity contribution in [2.24, 2.45) is 0 Å². The van der Waals surface area contributed by atoms with Gasteiger partial charge in [-0.15, -0.1) is 23.1 Å². The van der Waals surface area contributed by atoms with E-state index in [1.54, 1.807) is 23.6 Å². The third-order valence-electron chi connectivity index (χ3n) is 3.40. The number of hydrogen-bond acceptors (Lipinski definition) is 4. The molecular formula is C18H11F3N2S2. The number of nitriles is 1. The van der Waals surface area contributed by atoms with Crippen molar-refractivity contribution in [1.82, 2.24) is 4.98 Å². The highest BCUT2D eigenvalue weighted by atomic mass is 32.2. The standard InChI is InChI=1S/C18H11F3N2S2/c19-18(20,21)14-9-15(16-7-4-8-24-16)23-17(13(14)10-22)25-11-12-5-2-1-3-6-12/h1-9H,11H2. The van der Waals surface area contributed by atoms with E-state index >= 15 is 0 Å². The molecule has 3 aromatic rings. The molecule has 0 amide bonds. The first-order valence-corrected chi connectivity index (χ1v) is 9.08. The monoisotopic (exact) mass is 376 g/mol. The maximum Gasteiger partial charge on any atom is 0.417 e. The Hall–Kier alpha value is -2.30. The quantitative estimate of drug-likeness (QED) is 0.525. The maximum atomic E-state index is 13.4. The molecule has 0 aliphatic rings. The van der Waals surface area contributed by atoms with Gasteiger partial charge in [-0.1, -0.05) is 36.4 Å². The lowest BCUT2D eigenvalue weighted by Crippen LogP contribution is -2.10. The molecular weight excluding hydrogens is 365 g/mol. The highest BCUT2D eigenvalue weighted by Crippen LogP contribution is 2.39.